The minimum atomic E-state index is -5.97. The summed E-state index contributed by atoms with van der Waals surface area (Å²) in [5.41, 5.74) is -10.8. The summed E-state index contributed by atoms with van der Waals surface area (Å²) in [5.74, 6) is -1.94. The Hall–Kier alpha value is -2.24. The molecule has 1 unspecified atom stereocenters. The van der Waals surface area contributed by atoms with Crippen molar-refractivity contribution in [3.63, 3.8) is 0 Å². The van der Waals surface area contributed by atoms with Crippen LogP contribution in [-0.4, -0.2) is 54.4 Å². The van der Waals surface area contributed by atoms with Crippen molar-refractivity contribution in [2.45, 2.75) is 49.2 Å². The Balaban J connectivity index is 1.54. The van der Waals surface area contributed by atoms with Crippen molar-refractivity contribution in [2.75, 3.05) is 6.54 Å². The van der Waals surface area contributed by atoms with E-state index in [1.165, 1.54) is 4.90 Å². The summed E-state index contributed by atoms with van der Waals surface area (Å²) in [5, 5.41) is 3.10. The molecule has 0 N–H and O–H groups in total. The van der Waals surface area contributed by atoms with Gasteiger partial charge in [-0.2, -0.15) is 52.4 Å². The molecule has 1 saturated heterocycles. The van der Waals surface area contributed by atoms with Crippen LogP contribution in [0, 0.1) is 5.92 Å². The van der Waals surface area contributed by atoms with Crippen molar-refractivity contribution < 1.29 is 52.2 Å². The minimum Gasteiger partial charge on any atom is -0.376 e. The number of rotatable bonds is 6. The van der Waals surface area contributed by atoms with Gasteiger partial charge in [0.1, 0.15) is 5.75 Å². The largest absolute Gasteiger partial charge is 0.534 e. The van der Waals surface area contributed by atoms with Crippen molar-refractivity contribution in [1.29, 1.82) is 0 Å². The predicted molar refractivity (Wildman–Crippen MR) is 124 cm³/mol. The van der Waals surface area contributed by atoms with E-state index in [-0.39, 0.29) is 56.8 Å². The second-order valence-corrected chi connectivity index (χ2v) is 13.0. The van der Waals surface area contributed by atoms with Crippen molar-refractivity contribution in [3.05, 3.63) is 45.2 Å². The van der Waals surface area contributed by atoms with Gasteiger partial charge in [-0.3, -0.25) is 4.79 Å². The van der Waals surface area contributed by atoms with E-state index in [4.69, 9.17) is 23.2 Å². The maximum absolute atomic E-state index is 13.3. The molecule has 1 amide bonds. The summed E-state index contributed by atoms with van der Waals surface area (Å²) in [7, 11) is -11.7. The highest BCUT2D eigenvalue weighted by atomic mass is 35.5. The van der Waals surface area contributed by atoms with Gasteiger partial charge in [-0.05, 0) is 37.7 Å². The molecular weight excluding hydrogens is 627 g/mol. The lowest BCUT2D eigenvalue weighted by Gasteiger charge is -2.31. The fourth-order valence-corrected chi connectivity index (χ4v) is 6.28. The average Bonchev–Trinajstić information content (AvgIpc) is 3.38. The maximum atomic E-state index is 13.3. The Bertz CT molecular complexity index is 1500. The smallest absolute Gasteiger partial charge is 0.376 e. The fourth-order valence-electron chi connectivity index (χ4n) is 4.55. The van der Waals surface area contributed by atoms with E-state index in [0.717, 1.165) is 18.3 Å². The third-order valence-corrected chi connectivity index (χ3v) is 9.29. The Morgan fingerprint density at radius 2 is 1.62 bits per heavy atom. The first-order valence-corrected chi connectivity index (χ1v) is 14.6. The quantitative estimate of drug-likeness (QED) is 0.257. The topological polar surface area (TPSA) is 116 Å². The number of fused-ring (bicyclic) bond motifs is 1. The van der Waals surface area contributed by atoms with Gasteiger partial charge in [0.2, 0.25) is 5.91 Å². The fraction of sp³-hybridized carbons (Fsp3) is 0.500. The number of hydrogen-bond acceptors (Lipinski definition) is 7. The summed E-state index contributed by atoms with van der Waals surface area (Å²) < 4.78 is 127. The molecule has 19 heteroatoms. The van der Waals surface area contributed by atoms with Gasteiger partial charge in [0.25, 0.3) is 0 Å². The van der Waals surface area contributed by atoms with Gasteiger partial charge in [-0.15, -0.1) is 0 Å². The zero-order chi connectivity index (χ0) is 29.1. The Morgan fingerprint density at radius 1 is 1.00 bits per heavy atom. The number of benzene rings is 1. The van der Waals surface area contributed by atoms with Crippen LogP contribution in [0.15, 0.2) is 18.3 Å². The molecule has 0 saturated carbocycles. The van der Waals surface area contributed by atoms with Crippen LogP contribution in [0.2, 0.25) is 10.0 Å². The molecule has 2 heterocycles. The monoisotopic (exact) mass is 643 g/mol. The third-order valence-electron chi connectivity index (χ3n) is 6.37. The molecule has 4 rings (SSSR count). The number of likely N-dealkylation sites (tertiary alicyclic amines) is 1. The SMILES string of the molecule is O=C1C(Cc2c(Cl)cc(OS(=O)(=O)C(F)(F)F)cc2Cl)CCN1[C@@H]1CCCc2nn(S(=O)(=O)C(F)(F)F)cc21. The van der Waals surface area contributed by atoms with Gasteiger partial charge < -0.3 is 9.08 Å². The molecule has 0 bridgehead atoms. The highest BCUT2D eigenvalue weighted by Crippen LogP contribution is 2.41. The van der Waals surface area contributed by atoms with Crippen LogP contribution >= 0.6 is 23.2 Å². The Labute approximate surface area is 227 Å². The number of alkyl halides is 6. The van der Waals surface area contributed by atoms with Gasteiger partial charge in [0, 0.05) is 46.4 Å². The average molecular weight is 644 g/mol. The predicted octanol–water partition coefficient (Wildman–Crippen LogP) is 4.58. The van der Waals surface area contributed by atoms with E-state index in [1.54, 1.807) is 0 Å². The normalized spacial score (nSPS) is 20.8. The first kappa shape index (κ1) is 29.7. The number of hydrogen-bond donors (Lipinski definition) is 0. The number of amides is 1. The van der Waals surface area contributed by atoms with Crippen LogP contribution in [0.25, 0.3) is 0 Å². The molecule has 1 aliphatic heterocycles. The summed E-state index contributed by atoms with van der Waals surface area (Å²) in [6.07, 6.45) is 1.96. The van der Waals surface area contributed by atoms with E-state index in [1.807, 2.05) is 0 Å². The van der Waals surface area contributed by atoms with E-state index in [2.05, 4.69) is 9.28 Å². The van der Waals surface area contributed by atoms with Gasteiger partial charge in [0.05, 0.1) is 11.7 Å². The molecule has 2 atom stereocenters. The van der Waals surface area contributed by atoms with Crippen LogP contribution < -0.4 is 4.18 Å². The van der Waals surface area contributed by atoms with Crippen LogP contribution in [-0.2, 0) is 37.8 Å². The van der Waals surface area contributed by atoms with Crippen LogP contribution in [0.3, 0.4) is 0 Å². The maximum Gasteiger partial charge on any atom is 0.534 e. The molecule has 2 aromatic rings. The number of aromatic nitrogens is 2. The van der Waals surface area contributed by atoms with Crippen molar-refractivity contribution in [3.8, 4) is 5.75 Å². The molecule has 1 aromatic carbocycles. The van der Waals surface area contributed by atoms with E-state index < -0.39 is 54.8 Å². The second-order valence-electron chi connectivity index (χ2n) is 8.83. The molecular formula is C20H17Cl2F6N3O6S2. The number of aryl methyl sites for hydroxylation is 1. The summed E-state index contributed by atoms with van der Waals surface area (Å²) >= 11 is 12.2. The van der Waals surface area contributed by atoms with E-state index in [9.17, 15) is 48.0 Å². The number of nitrogens with zero attached hydrogens (tertiary/aromatic N) is 3. The molecule has 9 nitrogen and oxygen atoms in total. The third kappa shape index (κ3) is 5.54. The van der Waals surface area contributed by atoms with Crippen LogP contribution in [0.5, 0.6) is 5.75 Å². The number of carbonyl (C=O) groups is 1. The minimum absolute atomic E-state index is 0.0827. The summed E-state index contributed by atoms with van der Waals surface area (Å²) in [6, 6.07) is 0.899. The van der Waals surface area contributed by atoms with Gasteiger partial charge >= 0.3 is 31.2 Å². The Kier molecular flexibility index (Phi) is 7.62. The second kappa shape index (κ2) is 9.99. The zero-order valence-corrected chi connectivity index (χ0v) is 22.4. The highest BCUT2D eigenvalue weighted by molar-refractivity contribution is 7.90. The lowest BCUT2D eigenvalue weighted by Crippen LogP contribution is -2.34. The molecule has 2 aliphatic rings. The first-order chi connectivity index (χ1) is 17.8. The molecule has 1 fully saturated rings. The first-order valence-electron chi connectivity index (χ1n) is 11.0. The molecule has 1 aromatic heterocycles. The van der Waals surface area contributed by atoms with Gasteiger partial charge in [0.15, 0.2) is 0 Å². The molecule has 0 spiro atoms. The van der Waals surface area contributed by atoms with Crippen molar-refractivity contribution in [1.82, 2.24) is 14.1 Å². The number of halogens is 8. The van der Waals surface area contributed by atoms with Crippen molar-refractivity contribution >= 4 is 49.3 Å². The van der Waals surface area contributed by atoms with E-state index in [0.29, 0.717) is 12.8 Å². The van der Waals surface area contributed by atoms with Crippen LogP contribution in [0.1, 0.15) is 42.1 Å². The van der Waals surface area contributed by atoms with E-state index >= 15 is 0 Å². The molecule has 39 heavy (non-hydrogen) atoms. The standard InChI is InChI=1S/C20H17Cl2F6N3O6S2/c21-14-7-11(37-39(35,36)20(26,27)28)8-15(22)12(14)6-10-4-5-30(18(10)32)17-3-1-2-16-13(17)9-31(29-16)38(33,34)19(23,24)25/h7-10,17H,1-6H2/t10?,17-/m1/s1. The lowest BCUT2D eigenvalue weighted by atomic mass is 9.92. The van der Waals surface area contributed by atoms with Crippen molar-refractivity contribution in [2.24, 2.45) is 5.92 Å². The van der Waals surface area contributed by atoms with Gasteiger partial charge in [-0.25, -0.2) is 0 Å². The molecule has 216 valence electrons. The lowest BCUT2D eigenvalue weighted by molar-refractivity contribution is -0.133. The molecule has 0 radical (unpaired) electrons. The summed E-state index contributed by atoms with van der Waals surface area (Å²) in [4.78, 5) is 14.7. The molecule has 1 aliphatic carbocycles. The van der Waals surface area contributed by atoms with Crippen LogP contribution in [0.4, 0.5) is 26.3 Å². The highest BCUT2D eigenvalue weighted by Gasteiger charge is 2.50. The Morgan fingerprint density at radius 3 is 2.18 bits per heavy atom. The number of carbonyl (C=O) groups excluding carboxylic acids is 1. The summed E-state index contributed by atoms with van der Waals surface area (Å²) in [6.45, 7) is 0.172. The zero-order valence-electron chi connectivity index (χ0n) is 19.3. The van der Waals surface area contributed by atoms with Gasteiger partial charge in [-0.1, -0.05) is 23.2 Å².